The molecule has 4 heteroatoms. The average Bonchev–Trinajstić information content (AvgIpc) is 2.50. The zero-order valence-electron chi connectivity index (χ0n) is 12.7. The van der Waals surface area contributed by atoms with E-state index in [1.165, 1.54) is 0 Å². The monoisotopic (exact) mass is 257 g/mol. The summed E-state index contributed by atoms with van der Waals surface area (Å²) in [6.45, 7) is 14.3. The van der Waals surface area contributed by atoms with Crippen molar-refractivity contribution in [3.05, 3.63) is 0 Å². The van der Waals surface area contributed by atoms with Crippen molar-refractivity contribution < 1.29 is 14.3 Å². The summed E-state index contributed by atoms with van der Waals surface area (Å²) in [6, 6.07) is 0.0971. The van der Waals surface area contributed by atoms with E-state index >= 15 is 0 Å². The standard InChI is InChI=1S/C14H27NO3/c1-8-10(2)11-9-17-14(6,7)15(11)12(16)18-13(3,4)5/h10-11H,8-9H2,1-7H3/t10-,11+/m0/s1. The Balaban J connectivity index is 2.88. The zero-order valence-corrected chi connectivity index (χ0v) is 12.7. The van der Waals surface area contributed by atoms with Gasteiger partial charge in [-0.05, 0) is 40.5 Å². The Hall–Kier alpha value is -0.770. The van der Waals surface area contributed by atoms with E-state index in [0.29, 0.717) is 12.5 Å². The van der Waals surface area contributed by atoms with Gasteiger partial charge in [-0.15, -0.1) is 0 Å². The molecule has 1 heterocycles. The predicted octanol–water partition coefficient (Wildman–Crippen LogP) is 3.40. The normalized spacial score (nSPS) is 25.1. The molecule has 4 nitrogen and oxygen atoms in total. The van der Waals surface area contributed by atoms with Crippen LogP contribution in [0.2, 0.25) is 0 Å². The Morgan fingerprint density at radius 2 is 2.06 bits per heavy atom. The van der Waals surface area contributed by atoms with Crippen LogP contribution in [0.25, 0.3) is 0 Å². The van der Waals surface area contributed by atoms with Gasteiger partial charge in [-0.2, -0.15) is 0 Å². The van der Waals surface area contributed by atoms with Crippen molar-refractivity contribution in [3.63, 3.8) is 0 Å². The summed E-state index contributed by atoms with van der Waals surface area (Å²) in [7, 11) is 0. The third-order valence-electron chi connectivity index (χ3n) is 3.41. The lowest BCUT2D eigenvalue weighted by Crippen LogP contribution is -2.51. The first-order chi connectivity index (χ1) is 8.08. The number of hydrogen-bond acceptors (Lipinski definition) is 3. The third kappa shape index (κ3) is 3.37. The Kier molecular flexibility index (Phi) is 4.31. The van der Waals surface area contributed by atoms with E-state index in [1.807, 2.05) is 34.6 Å². The molecule has 1 saturated heterocycles. The van der Waals surface area contributed by atoms with Crippen LogP contribution in [0.4, 0.5) is 4.79 Å². The molecular weight excluding hydrogens is 230 g/mol. The van der Waals surface area contributed by atoms with E-state index in [0.717, 1.165) is 6.42 Å². The van der Waals surface area contributed by atoms with Crippen LogP contribution >= 0.6 is 0 Å². The fraction of sp³-hybridized carbons (Fsp3) is 0.929. The van der Waals surface area contributed by atoms with Crippen molar-refractivity contribution in [2.24, 2.45) is 5.92 Å². The lowest BCUT2D eigenvalue weighted by atomic mass is 9.98. The Morgan fingerprint density at radius 1 is 1.50 bits per heavy atom. The minimum atomic E-state index is -0.587. The maximum absolute atomic E-state index is 12.3. The highest BCUT2D eigenvalue weighted by Crippen LogP contribution is 2.33. The fourth-order valence-electron chi connectivity index (χ4n) is 2.19. The van der Waals surface area contributed by atoms with E-state index in [4.69, 9.17) is 9.47 Å². The molecular formula is C14H27NO3. The van der Waals surface area contributed by atoms with Crippen LogP contribution in [-0.4, -0.2) is 35.0 Å². The molecule has 0 bridgehead atoms. The Labute approximate surface area is 111 Å². The van der Waals surface area contributed by atoms with Crippen molar-refractivity contribution in [2.75, 3.05) is 6.61 Å². The molecule has 106 valence electrons. The molecule has 0 aromatic heterocycles. The van der Waals surface area contributed by atoms with Crippen LogP contribution in [0.5, 0.6) is 0 Å². The van der Waals surface area contributed by atoms with E-state index in [-0.39, 0.29) is 12.1 Å². The zero-order chi connectivity index (χ0) is 14.1. The van der Waals surface area contributed by atoms with Gasteiger partial charge < -0.3 is 9.47 Å². The van der Waals surface area contributed by atoms with Crippen LogP contribution in [0.15, 0.2) is 0 Å². The van der Waals surface area contributed by atoms with E-state index in [9.17, 15) is 4.79 Å². The van der Waals surface area contributed by atoms with Gasteiger partial charge in [0.15, 0.2) is 0 Å². The Bertz CT molecular complexity index is 307. The number of amides is 1. The highest BCUT2D eigenvalue weighted by molar-refractivity contribution is 5.69. The van der Waals surface area contributed by atoms with Crippen molar-refractivity contribution >= 4 is 6.09 Å². The molecule has 1 amide bonds. The van der Waals surface area contributed by atoms with Crippen LogP contribution < -0.4 is 0 Å². The summed E-state index contributed by atoms with van der Waals surface area (Å²) in [5.41, 5.74) is -1.06. The highest BCUT2D eigenvalue weighted by Gasteiger charge is 2.47. The molecule has 0 aromatic rings. The molecule has 1 rings (SSSR count). The van der Waals surface area contributed by atoms with Crippen molar-refractivity contribution in [1.29, 1.82) is 0 Å². The summed E-state index contributed by atoms with van der Waals surface area (Å²) in [4.78, 5) is 14.1. The van der Waals surface area contributed by atoms with Gasteiger partial charge in [-0.1, -0.05) is 20.3 Å². The third-order valence-corrected chi connectivity index (χ3v) is 3.41. The Morgan fingerprint density at radius 3 is 2.50 bits per heavy atom. The van der Waals surface area contributed by atoms with E-state index in [1.54, 1.807) is 4.90 Å². The van der Waals surface area contributed by atoms with E-state index in [2.05, 4.69) is 13.8 Å². The molecule has 0 saturated carbocycles. The second-order valence-electron chi connectivity index (χ2n) is 6.56. The summed E-state index contributed by atoms with van der Waals surface area (Å²) in [5, 5.41) is 0. The van der Waals surface area contributed by atoms with E-state index < -0.39 is 11.3 Å². The average molecular weight is 257 g/mol. The molecule has 0 aliphatic carbocycles. The number of carbonyl (C=O) groups excluding carboxylic acids is 1. The topological polar surface area (TPSA) is 38.8 Å². The van der Waals surface area contributed by atoms with Crippen LogP contribution in [0.1, 0.15) is 54.9 Å². The maximum atomic E-state index is 12.3. The highest BCUT2D eigenvalue weighted by atomic mass is 16.6. The second-order valence-corrected chi connectivity index (χ2v) is 6.56. The van der Waals surface area contributed by atoms with Crippen LogP contribution in [0, 0.1) is 5.92 Å². The lowest BCUT2D eigenvalue weighted by Gasteiger charge is -2.36. The molecule has 18 heavy (non-hydrogen) atoms. The molecule has 0 unspecified atom stereocenters. The van der Waals surface area contributed by atoms with Crippen molar-refractivity contribution in [3.8, 4) is 0 Å². The molecule has 0 aromatic carbocycles. The SMILES string of the molecule is CC[C@H](C)[C@H]1COC(C)(C)N1C(=O)OC(C)(C)C. The van der Waals surface area contributed by atoms with Crippen LogP contribution in [-0.2, 0) is 9.47 Å². The van der Waals surface area contributed by atoms with Gasteiger partial charge in [0.05, 0.1) is 12.6 Å². The minimum absolute atomic E-state index is 0.0971. The number of rotatable bonds is 2. The number of nitrogens with zero attached hydrogens (tertiary/aromatic N) is 1. The van der Waals surface area contributed by atoms with Gasteiger partial charge in [-0.25, -0.2) is 4.79 Å². The molecule has 0 radical (unpaired) electrons. The summed E-state index contributed by atoms with van der Waals surface area (Å²) < 4.78 is 11.2. The molecule has 1 aliphatic heterocycles. The minimum Gasteiger partial charge on any atom is -0.444 e. The maximum Gasteiger partial charge on any atom is 0.412 e. The second kappa shape index (κ2) is 5.08. The molecule has 1 fully saturated rings. The number of ether oxygens (including phenoxy) is 2. The van der Waals surface area contributed by atoms with Gasteiger partial charge in [0.2, 0.25) is 0 Å². The van der Waals surface area contributed by atoms with Gasteiger partial charge in [-0.3, -0.25) is 4.90 Å². The van der Waals surface area contributed by atoms with Gasteiger partial charge >= 0.3 is 6.09 Å². The largest absolute Gasteiger partial charge is 0.444 e. The fourth-order valence-corrected chi connectivity index (χ4v) is 2.19. The summed E-state index contributed by atoms with van der Waals surface area (Å²) in [5.74, 6) is 0.402. The molecule has 1 aliphatic rings. The van der Waals surface area contributed by atoms with Gasteiger partial charge in [0, 0.05) is 0 Å². The van der Waals surface area contributed by atoms with Crippen molar-refractivity contribution in [1.82, 2.24) is 4.90 Å². The molecule has 2 atom stereocenters. The number of hydrogen-bond donors (Lipinski definition) is 0. The predicted molar refractivity (Wildman–Crippen MR) is 71.3 cm³/mol. The first kappa shape index (κ1) is 15.3. The van der Waals surface area contributed by atoms with Gasteiger partial charge in [0.25, 0.3) is 0 Å². The lowest BCUT2D eigenvalue weighted by molar-refractivity contribution is -0.0642. The first-order valence-corrected chi connectivity index (χ1v) is 6.74. The number of carbonyl (C=O) groups is 1. The quantitative estimate of drug-likeness (QED) is 0.761. The van der Waals surface area contributed by atoms with Crippen molar-refractivity contribution in [2.45, 2.75) is 72.3 Å². The first-order valence-electron chi connectivity index (χ1n) is 6.74. The summed E-state index contributed by atoms with van der Waals surface area (Å²) in [6.07, 6.45) is 0.735. The smallest absolute Gasteiger partial charge is 0.412 e. The van der Waals surface area contributed by atoms with Crippen LogP contribution in [0.3, 0.4) is 0 Å². The molecule has 0 spiro atoms. The molecule has 0 N–H and O–H groups in total. The summed E-state index contributed by atoms with van der Waals surface area (Å²) >= 11 is 0. The van der Waals surface area contributed by atoms with Gasteiger partial charge in [0.1, 0.15) is 11.3 Å².